The number of hydrogen-bond donors (Lipinski definition) is 0. The van der Waals surface area contributed by atoms with Gasteiger partial charge in [0.1, 0.15) is 0 Å². The van der Waals surface area contributed by atoms with E-state index in [9.17, 15) is 8.42 Å². The van der Waals surface area contributed by atoms with Crippen molar-refractivity contribution < 1.29 is 13.2 Å². The molecule has 1 rings (SSSR count). The minimum atomic E-state index is -3.36. The van der Waals surface area contributed by atoms with Crippen LogP contribution in [0, 0.1) is 5.92 Å². The van der Waals surface area contributed by atoms with E-state index in [1.807, 2.05) is 6.92 Å². The molecule has 0 spiro atoms. The molecule has 18 heavy (non-hydrogen) atoms. The zero-order valence-electron chi connectivity index (χ0n) is 11.1. The van der Waals surface area contributed by atoms with Gasteiger partial charge in [-0.1, -0.05) is 6.92 Å². The average molecular weight is 299 g/mol. The third-order valence-corrected chi connectivity index (χ3v) is 5.76. The van der Waals surface area contributed by atoms with Crippen LogP contribution in [0.15, 0.2) is 0 Å². The molecule has 0 aromatic carbocycles. The molecule has 1 fully saturated rings. The molecular formula is C11H23ClN2O3S. The molecule has 0 saturated carbocycles. The Morgan fingerprint density at radius 3 is 2.78 bits per heavy atom. The molecule has 108 valence electrons. The summed E-state index contributed by atoms with van der Waals surface area (Å²) < 4.78 is 32.9. The van der Waals surface area contributed by atoms with Gasteiger partial charge in [0.25, 0.3) is 10.2 Å². The lowest BCUT2D eigenvalue weighted by Crippen LogP contribution is -2.49. The van der Waals surface area contributed by atoms with Crippen LogP contribution in [0.25, 0.3) is 0 Å². The molecule has 1 unspecified atom stereocenters. The summed E-state index contributed by atoms with van der Waals surface area (Å²) in [5, 5.41) is 0. The fourth-order valence-electron chi connectivity index (χ4n) is 2.16. The predicted molar refractivity (Wildman–Crippen MR) is 73.1 cm³/mol. The first-order chi connectivity index (χ1) is 8.56. The number of alkyl halides is 1. The molecule has 1 saturated heterocycles. The fraction of sp³-hybridized carbons (Fsp3) is 1.00. The molecule has 0 N–H and O–H groups in total. The number of halogens is 1. The topological polar surface area (TPSA) is 49.9 Å². The maximum absolute atomic E-state index is 12.4. The first kappa shape index (κ1) is 16.2. The van der Waals surface area contributed by atoms with Crippen molar-refractivity contribution in [3.63, 3.8) is 0 Å². The van der Waals surface area contributed by atoms with E-state index in [0.29, 0.717) is 38.7 Å². The summed E-state index contributed by atoms with van der Waals surface area (Å²) in [5.41, 5.74) is 0. The fourth-order valence-corrected chi connectivity index (χ4v) is 4.12. The summed E-state index contributed by atoms with van der Waals surface area (Å²) in [7, 11) is -1.79. The summed E-state index contributed by atoms with van der Waals surface area (Å²) in [6, 6.07) is 0. The Balaban J connectivity index is 2.70. The van der Waals surface area contributed by atoms with Crippen molar-refractivity contribution in [3.8, 4) is 0 Å². The molecule has 0 aromatic rings. The van der Waals surface area contributed by atoms with Crippen molar-refractivity contribution >= 4 is 21.8 Å². The van der Waals surface area contributed by atoms with Gasteiger partial charge in [-0.3, -0.25) is 0 Å². The summed E-state index contributed by atoms with van der Waals surface area (Å²) in [6.45, 7) is 4.26. The molecule has 0 aliphatic carbocycles. The van der Waals surface area contributed by atoms with Gasteiger partial charge in [0.2, 0.25) is 0 Å². The normalized spacial score (nSPS) is 22.6. The van der Waals surface area contributed by atoms with Crippen LogP contribution in [-0.2, 0) is 14.9 Å². The second-order valence-corrected chi connectivity index (χ2v) is 6.75. The highest BCUT2D eigenvalue weighted by Gasteiger charge is 2.32. The van der Waals surface area contributed by atoms with E-state index in [1.54, 1.807) is 11.4 Å². The molecule has 1 aliphatic heterocycles. The molecule has 0 aromatic heterocycles. The van der Waals surface area contributed by atoms with Crippen LogP contribution in [-0.4, -0.2) is 62.8 Å². The van der Waals surface area contributed by atoms with Crippen LogP contribution in [0.4, 0.5) is 0 Å². The van der Waals surface area contributed by atoms with E-state index >= 15 is 0 Å². The van der Waals surface area contributed by atoms with Crippen molar-refractivity contribution in [1.82, 2.24) is 8.61 Å². The SMILES string of the molecule is CCN(CCOC)S(=O)(=O)N1CCCC(CCl)C1. The Morgan fingerprint density at radius 1 is 1.50 bits per heavy atom. The summed E-state index contributed by atoms with van der Waals surface area (Å²) in [5.74, 6) is 0.798. The Morgan fingerprint density at radius 2 is 2.22 bits per heavy atom. The lowest BCUT2D eigenvalue weighted by Gasteiger charge is -2.34. The van der Waals surface area contributed by atoms with E-state index in [0.717, 1.165) is 12.8 Å². The highest BCUT2D eigenvalue weighted by atomic mass is 35.5. The molecule has 7 heteroatoms. The molecule has 1 atom stereocenters. The number of ether oxygens (including phenoxy) is 1. The summed E-state index contributed by atoms with van der Waals surface area (Å²) in [6.07, 6.45) is 1.90. The Kier molecular flexibility index (Phi) is 6.87. The first-order valence-corrected chi connectivity index (χ1v) is 8.29. The monoisotopic (exact) mass is 298 g/mol. The molecule has 1 heterocycles. The second kappa shape index (κ2) is 7.65. The molecule has 0 bridgehead atoms. The Hall–Kier alpha value is 0.120. The van der Waals surface area contributed by atoms with Gasteiger partial charge in [-0.05, 0) is 18.8 Å². The van der Waals surface area contributed by atoms with Crippen molar-refractivity contribution in [2.24, 2.45) is 5.92 Å². The second-order valence-electron chi connectivity index (χ2n) is 4.51. The number of likely N-dealkylation sites (N-methyl/N-ethyl adjacent to an activating group) is 1. The number of hydrogen-bond acceptors (Lipinski definition) is 3. The number of rotatable bonds is 7. The third-order valence-electron chi connectivity index (χ3n) is 3.25. The third kappa shape index (κ3) is 4.06. The van der Waals surface area contributed by atoms with Gasteiger partial charge >= 0.3 is 0 Å². The lowest BCUT2D eigenvalue weighted by atomic mass is 10.0. The van der Waals surface area contributed by atoms with Crippen LogP contribution < -0.4 is 0 Å². The number of methoxy groups -OCH3 is 1. The van der Waals surface area contributed by atoms with Crippen LogP contribution in [0.1, 0.15) is 19.8 Å². The van der Waals surface area contributed by atoms with Crippen molar-refractivity contribution in [2.75, 3.05) is 45.8 Å². The lowest BCUT2D eigenvalue weighted by molar-refractivity contribution is 0.174. The van der Waals surface area contributed by atoms with Gasteiger partial charge in [0.05, 0.1) is 6.61 Å². The quantitative estimate of drug-likeness (QED) is 0.663. The van der Waals surface area contributed by atoms with E-state index in [-0.39, 0.29) is 5.92 Å². The van der Waals surface area contributed by atoms with E-state index in [2.05, 4.69) is 0 Å². The minimum absolute atomic E-state index is 0.274. The van der Waals surface area contributed by atoms with Crippen LogP contribution >= 0.6 is 11.6 Å². The largest absolute Gasteiger partial charge is 0.383 e. The Labute approximate surface area is 115 Å². The highest BCUT2D eigenvalue weighted by Crippen LogP contribution is 2.21. The van der Waals surface area contributed by atoms with Crippen LogP contribution in [0.5, 0.6) is 0 Å². The van der Waals surface area contributed by atoms with E-state index < -0.39 is 10.2 Å². The maximum Gasteiger partial charge on any atom is 0.282 e. The molecule has 0 amide bonds. The Bertz CT molecular complexity index is 337. The maximum atomic E-state index is 12.4. The van der Waals surface area contributed by atoms with Crippen molar-refractivity contribution in [2.45, 2.75) is 19.8 Å². The first-order valence-electron chi connectivity index (χ1n) is 6.36. The predicted octanol–water partition coefficient (Wildman–Crippen LogP) is 1.15. The number of nitrogens with zero attached hydrogens (tertiary/aromatic N) is 2. The highest BCUT2D eigenvalue weighted by molar-refractivity contribution is 7.86. The van der Waals surface area contributed by atoms with Gasteiger partial charge in [0, 0.05) is 39.2 Å². The van der Waals surface area contributed by atoms with Gasteiger partial charge in [-0.25, -0.2) is 0 Å². The molecule has 5 nitrogen and oxygen atoms in total. The molecular weight excluding hydrogens is 276 g/mol. The minimum Gasteiger partial charge on any atom is -0.383 e. The van der Waals surface area contributed by atoms with Crippen LogP contribution in [0.2, 0.25) is 0 Å². The van der Waals surface area contributed by atoms with Gasteiger partial charge < -0.3 is 4.74 Å². The van der Waals surface area contributed by atoms with E-state index in [4.69, 9.17) is 16.3 Å². The average Bonchev–Trinajstić information content (AvgIpc) is 2.39. The standard InChI is InChI=1S/C11H23ClN2O3S/c1-3-13(7-8-17-2)18(15,16)14-6-4-5-11(9-12)10-14/h11H,3-10H2,1-2H3. The van der Waals surface area contributed by atoms with Gasteiger partial charge in [-0.15, -0.1) is 11.6 Å². The van der Waals surface area contributed by atoms with Crippen molar-refractivity contribution in [3.05, 3.63) is 0 Å². The van der Waals surface area contributed by atoms with Gasteiger partial charge in [0.15, 0.2) is 0 Å². The zero-order valence-corrected chi connectivity index (χ0v) is 12.7. The summed E-state index contributed by atoms with van der Waals surface area (Å²) in [4.78, 5) is 0. The van der Waals surface area contributed by atoms with E-state index in [1.165, 1.54) is 4.31 Å². The smallest absolute Gasteiger partial charge is 0.282 e. The summed E-state index contributed by atoms with van der Waals surface area (Å²) >= 11 is 5.84. The number of piperidine rings is 1. The van der Waals surface area contributed by atoms with Crippen LogP contribution in [0.3, 0.4) is 0 Å². The molecule has 0 radical (unpaired) electrons. The zero-order chi connectivity index (χ0) is 13.6. The molecule has 1 aliphatic rings. The van der Waals surface area contributed by atoms with Gasteiger partial charge in [-0.2, -0.15) is 17.0 Å². The van der Waals surface area contributed by atoms with Crippen molar-refractivity contribution in [1.29, 1.82) is 0 Å².